The van der Waals surface area contributed by atoms with Crippen molar-refractivity contribution in [1.29, 1.82) is 0 Å². The second kappa shape index (κ2) is 8.06. The molecule has 0 saturated carbocycles. The van der Waals surface area contributed by atoms with Crippen LogP contribution in [0.1, 0.15) is 29.8 Å². The monoisotopic (exact) mass is 404 g/mol. The molecular formula is C20H21ClN2O5. The fraction of sp³-hybridized carbons (Fsp3) is 0.350. The summed E-state index contributed by atoms with van der Waals surface area (Å²) in [4.78, 5) is 25.2. The number of amides is 1. The van der Waals surface area contributed by atoms with Crippen LogP contribution in [0, 0.1) is 16.0 Å². The molecule has 0 aromatic heterocycles. The molecule has 1 heterocycles. The lowest BCUT2D eigenvalue weighted by molar-refractivity contribution is -0.384. The van der Waals surface area contributed by atoms with E-state index >= 15 is 0 Å². The van der Waals surface area contributed by atoms with E-state index in [9.17, 15) is 14.9 Å². The number of nitro benzene ring substituents is 1. The minimum atomic E-state index is -0.470. The van der Waals surface area contributed by atoms with Gasteiger partial charge in [-0.1, -0.05) is 31.5 Å². The third-order valence-electron chi connectivity index (χ3n) is 4.46. The van der Waals surface area contributed by atoms with E-state index in [-0.39, 0.29) is 16.6 Å². The number of methoxy groups -OCH3 is 1. The number of halogens is 1. The topological polar surface area (TPSA) is 81.9 Å². The van der Waals surface area contributed by atoms with Gasteiger partial charge < -0.3 is 14.4 Å². The molecule has 0 aliphatic carbocycles. The Morgan fingerprint density at radius 2 is 2.07 bits per heavy atom. The van der Waals surface area contributed by atoms with Crippen LogP contribution in [0.25, 0.3) is 0 Å². The van der Waals surface area contributed by atoms with Crippen molar-refractivity contribution in [3.05, 3.63) is 56.6 Å². The molecule has 8 heteroatoms. The van der Waals surface area contributed by atoms with Crippen molar-refractivity contribution in [2.45, 2.75) is 20.3 Å². The average molecular weight is 405 g/mol. The quantitative estimate of drug-likeness (QED) is 0.523. The summed E-state index contributed by atoms with van der Waals surface area (Å²) in [6.45, 7) is 4.94. The molecule has 0 spiro atoms. The van der Waals surface area contributed by atoms with Crippen molar-refractivity contribution >= 4 is 28.9 Å². The van der Waals surface area contributed by atoms with E-state index in [0.717, 1.165) is 5.56 Å². The molecule has 148 valence electrons. The summed E-state index contributed by atoms with van der Waals surface area (Å²) in [6, 6.07) is 7.69. The van der Waals surface area contributed by atoms with Gasteiger partial charge in [-0.2, -0.15) is 0 Å². The molecule has 0 fully saturated rings. The molecule has 1 aliphatic rings. The standard InChI is InChI=1S/C20H21ClN2O5/c1-12(2)11-28-19-16(21)8-14(9-18(19)27-3)20(24)22-7-6-13-4-5-15(23(25)26)10-17(13)22/h4-5,8-10,12H,6-7,11H2,1-3H3. The maximum Gasteiger partial charge on any atom is 0.271 e. The van der Waals surface area contributed by atoms with E-state index in [1.807, 2.05) is 13.8 Å². The van der Waals surface area contributed by atoms with Gasteiger partial charge in [-0.15, -0.1) is 0 Å². The van der Waals surface area contributed by atoms with Gasteiger partial charge in [-0.25, -0.2) is 0 Å². The maximum absolute atomic E-state index is 13.1. The highest BCUT2D eigenvalue weighted by Gasteiger charge is 2.28. The Balaban J connectivity index is 1.93. The summed E-state index contributed by atoms with van der Waals surface area (Å²) in [5.41, 5.74) is 1.73. The summed E-state index contributed by atoms with van der Waals surface area (Å²) in [5.74, 6) is 0.774. The predicted octanol–water partition coefficient (Wildman–Crippen LogP) is 4.49. The molecule has 0 N–H and O–H groups in total. The highest BCUT2D eigenvalue weighted by atomic mass is 35.5. The molecule has 2 aromatic carbocycles. The third kappa shape index (κ3) is 3.89. The molecule has 0 atom stereocenters. The van der Waals surface area contributed by atoms with Gasteiger partial charge in [0.2, 0.25) is 0 Å². The van der Waals surface area contributed by atoms with E-state index < -0.39 is 4.92 Å². The lowest BCUT2D eigenvalue weighted by Gasteiger charge is -2.19. The summed E-state index contributed by atoms with van der Waals surface area (Å²) >= 11 is 6.35. The van der Waals surface area contributed by atoms with Gasteiger partial charge in [0, 0.05) is 24.2 Å². The van der Waals surface area contributed by atoms with Gasteiger partial charge in [0.15, 0.2) is 11.5 Å². The van der Waals surface area contributed by atoms with E-state index in [4.69, 9.17) is 21.1 Å². The largest absolute Gasteiger partial charge is 0.493 e. The van der Waals surface area contributed by atoms with Gasteiger partial charge in [-0.05, 0) is 30.0 Å². The number of anilines is 1. The summed E-state index contributed by atoms with van der Waals surface area (Å²) < 4.78 is 11.1. The number of hydrogen-bond donors (Lipinski definition) is 0. The third-order valence-corrected chi connectivity index (χ3v) is 4.74. The Labute approximate surface area is 168 Å². The summed E-state index contributed by atoms with van der Waals surface area (Å²) in [5, 5.41) is 11.4. The molecule has 28 heavy (non-hydrogen) atoms. The number of nitro groups is 1. The first kappa shape index (κ1) is 19.9. The number of ether oxygens (including phenoxy) is 2. The zero-order valence-corrected chi connectivity index (χ0v) is 16.7. The number of nitrogens with zero attached hydrogens (tertiary/aromatic N) is 2. The van der Waals surface area contributed by atoms with Crippen molar-refractivity contribution in [3.63, 3.8) is 0 Å². The zero-order valence-electron chi connectivity index (χ0n) is 15.9. The number of carbonyl (C=O) groups is 1. The molecule has 0 unspecified atom stereocenters. The highest BCUT2D eigenvalue weighted by Crippen LogP contribution is 2.38. The van der Waals surface area contributed by atoms with E-state index in [1.165, 1.54) is 30.2 Å². The van der Waals surface area contributed by atoms with Crippen LogP contribution >= 0.6 is 11.6 Å². The Kier molecular flexibility index (Phi) is 5.74. The first-order chi connectivity index (χ1) is 13.3. The normalized spacial score (nSPS) is 12.8. The van der Waals surface area contributed by atoms with E-state index in [0.29, 0.717) is 48.2 Å². The number of non-ortho nitro benzene ring substituents is 1. The number of rotatable bonds is 6. The maximum atomic E-state index is 13.1. The second-order valence-electron chi connectivity index (χ2n) is 6.97. The van der Waals surface area contributed by atoms with E-state index in [1.54, 1.807) is 12.1 Å². The molecule has 0 bridgehead atoms. The lowest BCUT2D eigenvalue weighted by Crippen LogP contribution is -2.29. The summed E-state index contributed by atoms with van der Waals surface area (Å²) in [6.07, 6.45) is 0.638. The minimum Gasteiger partial charge on any atom is -0.493 e. The van der Waals surface area contributed by atoms with Crippen molar-refractivity contribution in [1.82, 2.24) is 0 Å². The van der Waals surface area contributed by atoms with Crippen LogP contribution in [0.15, 0.2) is 30.3 Å². The number of benzene rings is 2. The van der Waals surface area contributed by atoms with Crippen LogP contribution in [0.2, 0.25) is 5.02 Å². The van der Waals surface area contributed by atoms with Crippen LogP contribution < -0.4 is 14.4 Å². The zero-order chi connectivity index (χ0) is 20.4. The van der Waals surface area contributed by atoms with E-state index in [2.05, 4.69) is 0 Å². The van der Waals surface area contributed by atoms with Gasteiger partial charge >= 0.3 is 0 Å². The number of hydrogen-bond acceptors (Lipinski definition) is 5. The van der Waals surface area contributed by atoms with Crippen LogP contribution in [0.5, 0.6) is 11.5 Å². The fourth-order valence-corrected chi connectivity index (χ4v) is 3.35. The molecule has 0 saturated heterocycles. The van der Waals surface area contributed by atoms with Crippen molar-refractivity contribution < 1.29 is 19.2 Å². The Morgan fingerprint density at radius 1 is 1.32 bits per heavy atom. The van der Waals surface area contributed by atoms with Gasteiger partial charge in [0.05, 0.1) is 29.4 Å². The smallest absolute Gasteiger partial charge is 0.271 e. The highest BCUT2D eigenvalue weighted by molar-refractivity contribution is 6.33. The van der Waals surface area contributed by atoms with Crippen molar-refractivity contribution in [2.75, 3.05) is 25.2 Å². The Hall–Kier alpha value is -2.80. The number of carbonyl (C=O) groups excluding carboxylic acids is 1. The minimum absolute atomic E-state index is 0.0495. The summed E-state index contributed by atoms with van der Waals surface area (Å²) in [7, 11) is 1.48. The molecule has 1 amide bonds. The van der Waals surface area contributed by atoms with Crippen molar-refractivity contribution in [3.8, 4) is 11.5 Å². The Bertz CT molecular complexity index is 929. The van der Waals surface area contributed by atoms with Crippen LogP contribution in [-0.2, 0) is 6.42 Å². The molecule has 0 radical (unpaired) electrons. The first-order valence-electron chi connectivity index (χ1n) is 8.91. The average Bonchev–Trinajstić information content (AvgIpc) is 3.08. The van der Waals surface area contributed by atoms with Crippen LogP contribution in [0.3, 0.4) is 0 Å². The molecule has 3 rings (SSSR count). The van der Waals surface area contributed by atoms with Crippen LogP contribution in [-0.4, -0.2) is 31.1 Å². The SMILES string of the molecule is COc1cc(C(=O)N2CCc3ccc([N+](=O)[O-])cc32)cc(Cl)c1OCC(C)C. The Morgan fingerprint density at radius 3 is 2.71 bits per heavy atom. The van der Waals surface area contributed by atoms with Gasteiger partial charge in [-0.3, -0.25) is 14.9 Å². The first-order valence-corrected chi connectivity index (χ1v) is 9.29. The van der Waals surface area contributed by atoms with Gasteiger partial charge in [0.25, 0.3) is 11.6 Å². The molecule has 2 aromatic rings. The lowest BCUT2D eigenvalue weighted by atomic mass is 10.1. The van der Waals surface area contributed by atoms with Crippen LogP contribution in [0.4, 0.5) is 11.4 Å². The molecule has 1 aliphatic heterocycles. The van der Waals surface area contributed by atoms with Crippen molar-refractivity contribution in [2.24, 2.45) is 5.92 Å². The number of fused-ring (bicyclic) bond motifs is 1. The predicted molar refractivity (Wildman–Crippen MR) is 107 cm³/mol. The second-order valence-corrected chi connectivity index (χ2v) is 7.38. The van der Waals surface area contributed by atoms with Gasteiger partial charge in [0.1, 0.15) is 0 Å². The fourth-order valence-electron chi connectivity index (χ4n) is 3.08. The molecular weight excluding hydrogens is 384 g/mol. The molecule has 7 nitrogen and oxygen atoms in total.